The second-order valence-corrected chi connectivity index (χ2v) is 8.22. The molecule has 0 atom stereocenters. The second kappa shape index (κ2) is 5.54. The molecule has 13 heteroatoms. The lowest BCUT2D eigenvalue weighted by atomic mass is 11.1. The average molecular weight is 330 g/mol. The molecule has 0 fully saturated rings. The van der Waals surface area contributed by atoms with Gasteiger partial charge < -0.3 is 0 Å². The highest BCUT2D eigenvalue weighted by molar-refractivity contribution is 7.90. The molecule has 0 saturated carbocycles. The lowest BCUT2D eigenvalue weighted by Gasteiger charge is -2.11. The van der Waals surface area contributed by atoms with Crippen LogP contribution in [0.4, 0.5) is 11.1 Å². The van der Waals surface area contributed by atoms with Gasteiger partial charge in [0.1, 0.15) is 0 Å². The molecule has 0 bridgehead atoms. The van der Waals surface area contributed by atoms with Crippen molar-refractivity contribution >= 4 is 43.0 Å². The molecule has 0 aliphatic carbocycles. The smallest absolute Gasteiger partial charge is 0.244 e. The molecule has 0 saturated heterocycles. The highest BCUT2D eigenvalue weighted by atomic mass is 32.2. The SMILES string of the molecule is CN(C)S(=O)(=O)Nc1nsc(NS(=O)(=O)N(C)C)n1. The first kappa shape index (κ1) is 16.0. The van der Waals surface area contributed by atoms with Crippen LogP contribution in [-0.2, 0) is 20.4 Å². The Hall–Kier alpha value is -1.02. The van der Waals surface area contributed by atoms with Gasteiger partial charge in [-0.25, -0.2) is 9.44 Å². The molecular weight excluding hydrogens is 316 g/mol. The first-order valence-corrected chi connectivity index (χ1v) is 8.44. The van der Waals surface area contributed by atoms with Crippen molar-refractivity contribution in [3.05, 3.63) is 0 Å². The average Bonchev–Trinajstić information content (AvgIpc) is 2.63. The highest BCUT2D eigenvalue weighted by Gasteiger charge is 2.19. The Kier molecular flexibility index (Phi) is 4.67. The van der Waals surface area contributed by atoms with Crippen LogP contribution >= 0.6 is 11.5 Å². The van der Waals surface area contributed by atoms with Crippen molar-refractivity contribution in [2.24, 2.45) is 0 Å². The predicted molar refractivity (Wildman–Crippen MR) is 72.4 cm³/mol. The Labute approximate surface area is 116 Å². The summed E-state index contributed by atoms with van der Waals surface area (Å²) in [6, 6.07) is 0. The zero-order valence-corrected chi connectivity index (χ0v) is 13.1. The molecule has 0 aromatic carbocycles. The van der Waals surface area contributed by atoms with Crippen molar-refractivity contribution in [1.29, 1.82) is 0 Å². The van der Waals surface area contributed by atoms with Crippen LogP contribution < -0.4 is 9.44 Å². The Morgan fingerprint density at radius 1 is 0.947 bits per heavy atom. The molecule has 110 valence electrons. The van der Waals surface area contributed by atoms with E-state index >= 15 is 0 Å². The van der Waals surface area contributed by atoms with Crippen LogP contribution in [0.2, 0.25) is 0 Å². The van der Waals surface area contributed by atoms with Crippen molar-refractivity contribution in [1.82, 2.24) is 18.0 Å². The van der Waals surface area contributed by atoms with Crippen LogP contribution in [-0.4, -0.2) is 63.0 Å². The number of nitrogens with one attached hydrogen (secondary N) is 2. The van der Waals surface area contributed by atoms with Crippen LogP contribution in [0.5, 0.6) is 0 Å². The van der Waals surface area contributed by atoms with Gasteiger partial charge in [-0.1, -0.05) is 0 Å². The fourth-order valence-corrected chi connectivity index (χ4v) is 2.58. The summed E-state index contributed by atoms with van der Waals surface area (Å²) < 4.78 is 55.8. The van der Waals surface area contributed by atoms with E-state index in [2.05, 4.69) is 18.8 Å². The Balaban J connectivity index is 2.85. The van der Waals surface area contributed by atoms with Crippen molar-refractivity contribution in [3.63, 3.8) is 0 Å². The van der Waals surface area contributed by atoms with Crippen LogP contribution in [0.1, 0.15) is 0 Å². The number of anilines is 2. The monoisotopic (exact) mass is 330 g/mol. The molecule has 1 rings (SSSR count). The summed E-state index contributed by atoms with van der Waals surface area (Å²) in [5.74, 6) is -0.199. The summed E-state index contributed by atoms with van der Waals surface area (Å²) >= 11 is 0.723. The summed E-state index contributed by atoms with van der Waals surface area (Å²) in [5, 5.41) is -0.0369. The lowest BCUT2D eigenvalue weighted by Crippen LogP contribution is -2.30. The van der Waals surface area contributed by atoms with E-state index < -0.39 is 20.4 Å². The van der Waals surface area contributed by atoms with E-state index in [9.17, 15) is 16.8 Å². The summed E-state index contributed by atoms with van der Waals surface area (Å²) in [6.45, 7) is 0. The van der Waals surface area contributed by atoms with E-state index in [1.54, 1.807) is 0 Å². The first-order chi connectivity index (χ1) is 8.54. The molecular formula is C6H14N6O4S3. The minimum atomic E-state index is -3.72. The minimum absolute atomic E-state index is 0.0369. The van der Waals surface area contributed by atoms with Gasteiger partial charge in [0, 0.05) is 39.7 Å². The maximum atomic E-state index is 11.5. The van der Waals surface area contributed by atoms with E-state index in [4.69, 9.17) is 0 Å². The third-order valence-corrected chi connectivity index (χ3v) is 5.40. The van der Waals surface area contributed by atoms with E-state index in [0.717, 1.165) is 20.1 Å². The Morgan fingerprint density at radius 2 is 1.42 bits per heavy atom. The normalized spacial score (nSPS) is 12.9. The maximum absolute atomic E-state index is 11.5. The van der Waals surface area contributed by atoms with Gasteiger partial charge in [0.05, 0.1) is 0 Å². The van der Waals surface area contributed by atoms with Crippen LogP contribution in [0, 0.1) is 0 Å². The van der Waals surface area contributed by atoms with Gasteiger partial charge in [-0.05, 0) is 0 Å². The first-order valence-electron chi connectivity index (χ1n) is 4.79. The van der Waals surface area contributed by atoms with Gasteiger partial charge in [0.25, 0.3) is 5.95 Å². The molecule has 0 spiro atoms. The molecule has 1 heterocycles. The minimum Gasteiger partial charge on any atom is -0.244 e. The quantitative estimate of drug-likeness (QED) is 0.687. The van der Waals surface area contributed by atoms with E-state index in [0.29, 0.717) is 0 Å². The van der Waals surface area contributed by atoms with Crippen molar-refractivity contribution in [2.45, 2.75) is 0 Å². The molecule has 1 aromatic rings. The Bertz CT molecular complexity index is 579. The van der Waals surface area contributed by atoms with Gasteiger partial charge in [-0.3, -0.25) is 0 Å². The van der Waals surface area contributed by atoms with Gasteiger partial charge >= 0.3 is 20.4 Å². The molecule has 1 aromatic heterocycles. The third kappa shape index (κ3) is 4.24. The van der Waals surface area contributed by atoms with Crippen molar-refractivity contribution in [2.75, 3.05) is 37.6 Å². The van der Waals surface area contributed by atoms with E-state index in [1.807, 2.05) is 0 Å². The third-order valence-electron chi connectivity index (χ3n) is 1.82. The van der Waals surface area contributed by atoms with Gasteiger partial charge in [-0.15, -0.1) is 0 Å². The van der Waals surface area contributed by atoms with E-state index in [1.165, 1.54) is 28.2 Å². The summed E-state index contributed by atoms with van der Waals surface area (Å²) in [6.07, 6.45) is 0. The van der Waals surface area contributed by atoms with Crippen LogP contribution in [0.25, 0.3) is 0 Å². The number of aromatic nitrogens is 2. The van der Waals surface area contributed by atoms with E-state index in [-0.39, 0.29) is 11.1 Å². The molecule has 0 aliphatic heterocycles. The fraction of sp³-hybridized carbons (Fsp3) is 0.667. The fourth-order valence-electron chi connectivity index (χ4n) is 0.715. The van der Waals surface area contributed by atoms with Gasteiger partial charge in [0.2, 0.25) is 5.13 Å². The van der Waals surface area contributed by atoms with Crippen LogP contribution in [0.15, 0.2) is 0 Å². The van der Waals surface area contributed by atoms with Gasteiger partial charge in [0.15, 0.2) is 0 Å². The van der Waals surface area contributed by atoms with Crippen molar-refractivity contribution in [3.8, 4) is 0 Å². The summed E-state index contributed by atoms with van der Waals surface area (Å²) in [7, 11) is -2.05. The molecule has 0 unspecified atom stereocenters. The number of hydrogen-bond acceptors (Lipinski definition) is 7. The predicted octanol–water partition coefficient (Wildman–Crippen LogP) is -1.03. The maximum Gasteiger partial charge on any atom is 0.303 e. The summed E-state index contributed by atoms with van der Waals surface area (Å²) in [5.41, 5.74) is 0. The zero-order chi connectivity index (χ0) is 14.8. The van der Waals surface area contributed by atoms with Gasteiger partial charge in [-0.2, -0.15) is 34.8 Å². The topological polar surface area (TPSA) is 125 Å². The Morgan fingerprint density at radius 3 is 1.89 bits per heavy atom. The highest BCUT2D eigenvalue weighted by Crippen LogP contribution is 2.17. The standard InChI is InChI=1S/C6H14N6O4S3/c1-11(2)18(13,14)9-5-7-6(17-8-5)10-19(15,16)12(3)4/h1-4H3,(H2,7,8,9,10). The van der Waals surface area contributed by atoms with Crippen LogP contribution in [0.3, 0.4) is 0 Å². The molecule has 0 amide bonds. The molecule has 0 radical (unpaired) electrons. The molecule has 0 aliphatic rings. The second-order valence-electron chi connectivity index (χ2n) is 3.70. The number of nitrogens with zero attached hydrogens (tertiary/aromatic N) is 4. The lowest BCUT2D eigenvalue weighted by molar-refractivity contribution is 0.526. The molecule has 10 nitrogen and oxygen atoms in total. The molecule has 2 N–H and O–H groups in total. The number of rotatable bonds is 6. The van der Waals surface area contributed by atoms with Crippen molar-refractivity contribution < 1.29 is 16.8 Å². The largest absolute Gasteiger partial charge is 0.303 e. The summed E-state index contributed by atoms with van der Waals surface area (Å²) in [4.78, 5) is 3.72. The zero-order valence-electron chi connectivity index (χ0n) is 10.6. The molecule has 19 heavy (non-hydrogen) atoms. The number of hydrogen-bond donors (Lipinski definition) is 2.